The summed E-state index contributed by atoms with van der Waals surface area (Å²) in [7, 11) is -3.19. The number of hydrogen-bond acceptors (Lipinski definition) is 7. The zero-order valence-electron chi connectivity index (χ0n) is 15.8. The van der Waals surface area contributed by atoms with E-state index in [-0.39, 0.29) is 41.2 Å². The average molecular weight is 420 g/mol. The van der Waals surface area contributed by atoms with Crippen LogP contribution in [0.5, 0.6) is 0 Å². The van der Waals surface area contributed by atoms with Gasteiger partial charge in [0, 0.05) is 6.54 Å². The lowest BCUT2D eigenvalue weighted by atomic mass is 10.0. The van der Waals surface area contributed by atoms with Crippen molar-refractivity contribution in [1.82, 2.24) is 10.2 Å². The van der Waals surface area contributed by atoms with E-state index in [0.29, 0.717) is 0 Å². The molecule has 0 saturated carbocycles. The highest BCUT2D eigenvalue weighted by Crippen LogP contribution is 2.25. The van der Waals surface area contributed by atoms with E-state index in [4.69, 9.17) is 4.74 Å². The third-order valence-electron chi connectivity index (χ3n) is 4.80. The van der Waals surface area contributed by atoms with Crippen LogP contribution in [0.2, 0.25) is 0 Å². The number of hydrogen-bond donors (Lipinski definition) is 1. The molecular weight excluding hydrogens is 400 g/mol. The van der Waals surface area contributed by atoms with Crippen LogP contribution in [-0.2, 0) is 19.4 Å². The van der Waals surface area contributed by atoms with E-state index in [0.717, 1.165) is 4.90 Å². The summed E-state index contributed by atoms with van der Waals surface area (Å²) in [6, 6.07) is 3.95. The zero-order chi connectivity index (χ0) is 21.4. The highest BCUT2D eigenvalue weighted by molar-refractivity contribution is 7.91. The molecule has 1 aromatic carbocycles. The number of imide groups is 1. The Balaban J connectivity index is 1.63. The molecule has 1 N–H and O–H groups in total. The Labute approximate surface area is 167 Å². The van der Waals surface area contributed by atoms with Gasteiger partial charge >= 0.3 is 5.97 Å². The molecule has 2 heterocycles. The number of amides is 3. The normalized spacial score (nSPS) is 22.3. The Morgan fingerprint density at radius 3 is 2.59 bits per heavy atom. The second kappa shape index (κ2) is 7.43. The number of rotatable bonds is 6. The van der Waals surface area contributed by atoms with E-state index < -0.39 is 45.7 Å². The molecule has 0 radical (unpaired) electrons. The maximum Gasteiger partial charge on any atom is 0.338 e. The first kappa shape index (κ1) is 20.7. The van der Waals surface area contributed by atoms with Crippen molar-refractivity contribution in [1.29, 1.82) is 0 Å². The van der Waals surface area contributed by atoms with Crippen molar-refractivity contribution in [3.8, 4) is 0 Å². The van der Waals surface area contributed by atoms with Gasteiger partial charge in [0.05, 0.1) is 33.7 Å². The fraction of sp³-hybridized carbons (Fsp3) is 0.368. The molecule has 0 aliphatic carbocycles. The fourth-order valence-electron chi connectivity index (χ4n) is 3.41. The lowest BCUT2D eigenvalue weighted by Gasteiger charge is -2.23. The van der Waals surface area contributed by atoms with Crippen LogP contribution in [0.3, 0.4) is 0 Å². The smallest absolute Gasteiger partial charge is 0.338 e. The Morgan fingerprint density at radius 2 is 1.97 bits per heavy atom. The lowest BCUT2D eigenvalue weighted by Crippen LogP contribution is -2.48. The molecule has 1 aromatic rings. The van der Waals surface area contributed by atoms with E-state index in [1.807, 2.05) is 0 Å². The van der Waals surface area contributed by atoms with Gasteiger partial charge in [-0.15, -0.1) is 6.58 Å². The van der Waals surface area contributed by atoms with Crippen molar-refractivity contribution < 1.29 is 32.3 Å². The summed E-state index contributed by atoms with van der Waals surface area (Å²) in [6.07, 6.45) is 1.71. The van der Waals surface area contributed by atoms with Crippen LogP contribution in [0.15, 0.2) is 30.9 Å². The maximum absolute atomic E-state index is 12.3. The molecule has 0 aromatic heterocycles. The van der Waals surface area contributed by atoms with Gasteiger partial charge in [-0.25, -0.2) is 13.2 Å². The zero-order valence-corrected chi connectivity index (χ0v) is 16.6. The van der Waals surface area contributed by atoms with E-state index in [1.54, 1.807) is 6.92 Å². The molecular formula is C19H20N2O7S. The highest BCUT2D eigenvalue weighted by Gasteiger charge is 2.39. The number of ether oxygens (including phenoxy) is 1. The summed E-state index contributed by atoms with van der Waals surface area (Å²) in [5, 5.41) is 2.58. The summed E-state index contributed by atoms with van der Waals surface area (Å²) < 4.78 is 28.1. The minimum atomic E-state index is -3.19. The van der Waals surface area contributed by atoms with Gasteiger partial charge in [-0.2, -0.15) is 0 Å². The summed E-state index contributed by atoms with van der Waals surface area (Å²) in [6.45, 7) is 4.58. The monoisotopic (exact) mass is 420 g/mol. The Kier molecular flexibility index (Phi) is 5.31. The Morgan fingerprint density at radius 1 is 1.28 bits per heavy atom. The van der Waals surface area contributed by atoms with Crippen LogP contribution in [0.1, 0.15) is 44.4 Å². The van der Waals surface area contributed by atoms with Gasteiger partial charge in [0.15, 0.2) is 16.4 Å². The molecule has 1 atom stereocenters. The van der Waals surface area contributed by atoms with Gasteiger partial charge < -0.3 is 10.1 Å². The number of esters is 1. The molecule has 154 valence electrons. The van der Waals surface area contributed by atoms with Crippen molar-refractivity contribution >= 4 is 33.5 Å². The summed E-state index contributed by atoms with van der Waals surface area (Å²) in [5.74, 6) is -2.63. The van der Waals surface area contributed by atoms with Crippen LogP contribution in [0.4, 0.5) is 0 Å². The first-order chi connectivity index (χ1) is 13.6. The topological polar surface area (TPSA) is 127 Å². The SMILES string of the molecule is C=CCN1C(=O)c2ccc(C(=O)OCC(=O)NC3(C)CCS(=O)(=O)C3)cc2C1=O. The van der Waals surface area contributed by atoms with E-state index in [2.05, 4.69) is 11.9 Å². The molecule has 2 aliphatic heterocycles. The van der Waals surface area contributed by atoms with Gasteiger partial charge in [-0.3, -0.25) is 19.3 Å². The largest absolute Gasteiger partial charge is 0.452 e. The van der Waals surface area contributed by atoms with Gasteiger partial charge in [0.2, 0.25) is 0 Å². The summed E-state index contributed by atoms with van der Waals surface area (Å²) in [4.78, 5) is 49.8. The first-order valence-corrected chi connectivity index (χ1v) is 10.7. The van der Waals surface area contributed by atoms with Crippen molar-refractivity contribution in [2.75, 3.05) is 24.7 Å². The number of carbonyl (C=O) groups is 4. The van der Waals surface area contributed by atoms with Crippen molar-refractivity contribution in [3.63, 3.8) is 0 Å². The number of nitrogens with one attached hydrogen (secondary N) is 1. The predicted molar refractivity (Wildman–Crippen MR) is 102 cm³/mol. The second-order valence-corrected chi connectivity index (χ2v) is 9.48. The van der Waals surface area contributed by atoms with Crippen LogP contribution in [0, 0.1) is 0 Å². The van der Waals surface area contributed by atoms with Gasteiger partial charge in [0.25, 0.3) is 17.7 Å². The molecule has 3 amide bonds. The van der Waals surface area contributed by atoms with Crippen LogP contribution < -0.4 is 5.32 Å². The van der Waals surface area contributed by atoms with Crippen molar-refractivity contribution in [2.45, 2.75) is 18.9 Å². The van der Waals surface area contributed by atoms with E-state index in [9.17, 15) is 27.6 Å². The molecule has 29 heavy (non-hydrogen) atoms. The van der Waals surface area contributed by atoms with Gasteiger partial charge in [-0.05, 0) is 31.5 Å². The minimum Gasteiger partial charge on any atom is -0.452 e. The van der Waals surface area contributed by atoms with Crippen molar-refractivity contribution in [3.05, 3.63) is 47.5 Å². The highest BCUT2D eigenvalue weighted by atomic mass is 32.2. The number of benzene rings is 1. The standard InChI is InChI=1S/C19H20N2O7S/c1-3-7-21-16(23)13-5-4-12(9-14(13)17(21)24)18(25)28-10-15(22)20-19(2)6-8-29(26,27)11-19/h3-5,9H,1,6-8,10-11H2,2H3,(H,20,22). The van der Waals surface area contributed by atoms with Gasteiger partial charge in [-0.1, -0.05) is 6.08 Å². The van der Waals surface area contributed by atoms with Crippen LogP contribution >= 0.6 is 0 Å². The fourth-order valence-corrected chi connectivity index (χ4v) is 5.50. The number of nitrogens with zero attached hydrogens (tertiary/aromatic N) is 1. The molecule has 2 aliphatic rings. The quantitative estimate of drug-likeness (QED) is 0.399. The third-order valence-corrected chi connectivity index (χ3v) is 6.70. The summed E-state index contributed by atoms with van der Waals surface area (Å²) >= 11 is 0. The van der Waals surface area contributed by atoms with Crippen LogP contribution in [-0.4, -0.2) is 67.2 Å². The minimum absolute atomic E-state index is 0.00564. The molecule has 3 rings (SSSR count). The Hall–Kier alpha value is -3.01. The number of carbonyl (C=O) groups excluding carboxylic acids is 4. The molecule has 10 heteroatoms. The summed E-state index contributed by atoms with van der Waals surface area (Å²) in [5.41, 5.74) is -0.606. The molecule has 0 bridgehead atoms. The van der Waals surface area contributed by atoms with E-state index >= 15 is 0 Å². The number of sulfone groups is 1. The second-order valence-electron chi connectivity index (χ2n) is 7.30. The third kappa shape index (κ3) is 4.21. The van der Waals surface area contributed by atoms with Crippen molar-refractivity contribution in [2.24, 2.45) is 0 Å². The van der Waals surface area contributed by atoms with Gasteiger partial charge in [0.1, 0.15) is 0 Å². The van der Waals surface area contributed by atoms with Crippen LogP contribution in [0.25, 0.3) is 0 Å². The first-order valence-electron chi connectivity index (χ1n) is 8.85. The number of fused-ring (bicyclic) bond motifs is 1. The van der Waals surface area contributed by atoms with E-state index in [1.165, 1.54) is 24.3 Å². The molecule has 1 saturated heterocycles. The molecule has 1 unspecified atom stereocenters. The lowest BCUT2D eigenvalue weighted by molar-refractivity contribution is -0.125. The molecule has 1 fully saturated rings. The predicted octanol–water partition coefficient (Wildman–Crippen LogP) is 0.319. The molecule has 0 spiro atoms. The average Bonchev–Trinajstić information content (AvgIpc) is 3.06. The Bertz CT molecular complexity index is 1030. The maximum atomic E-state index is 12.3. The molecule has 9 nitrogen and oxygen atoms in total.